The van der Waals surface area contributed by atoms with Gasteiger partial charge in [-0.25, -0.2) is 4.79 Å². The Morgan fingerprint density at radius 1 is 1.19 bits per heavy atom. The summed E-state index contributed by atoms with van der Waals surface area (Å²) in [6, 6.07) is -0.331. The molecule has 0 aromatic heterocycles. The molecule has 0 fully saturated rings. The second kappa shape index (κ2) is 10.4. The van der Waals surface area contributed by atoms with Crippen molar-refractivity contribution in [3.8, 4) is 0 Å². The molecule has 0 rings (SSSR count). The summed E-state index contributed by atoms with van der Waals surface area (Å²) in [6.07, 6.45) is 0.970. The van der Waals surface area contributed by atoms with Crippen molar-refractivity contribution in [3.63, 3.8) is 0 Å². The standard InChI is InChI=1S/C14H29N3O4/c1-5-14(6-2,12(18)19)11-16-13(20)15-7-8-17(3)9-10-21-4/h5-11H2,1-4H3,(H,18,19)(H2,15,16,20). The minimum atomic E-state index is -0.882. The third-order valence-corrected chi connectivity index (χ3v) is 3.85. The van der Waals surface area contributed by atoms with E-state index in [9.17, 15) is 14.7 Å². The number of nitrogens with one attached hydrogen (secondary N) is 2. The Balaban J connectivity index is 4.02. The van der Waals surface area contributed by atoms with Crippen LogP contribution in [0.25, 0.3) is 0 Å². The minimum Gasteiger partial charge on any atom is -0.481 e. The highest BCUT2D eigenvalue weighted by Gasteiger charge is 2.35. The molecule has 0 unspecified atom stereocenters. The van der Waals surface area contributed by atoms with Gasteiger partial charge < -0.3 is 25.4 Å². The zero-order chi connectivity index (χ0) is 16.3. The molecule has 0 spiro atoms. The van der Waals surface area contributed by atoms with Crippen molar-refractivity contribution in [1.82, 2.24) is 15.5 Å². The highest BCUT2D eigenvalue weighted by atomic mass is 16.5. The summed E-state index contributed by atoms with van der Waals surface area (Å²) in [5.74, 6) is -0.868. The first-order chi connectivity index (χ1) is 9.91. The van der Waals surface area contributed by atoms with Gasteiger partial charge in [-0.05, 0) is 19.9 Å². The molecule has 124 valence electrons. The van der Waals surface area contributed by atoms with Crippen molar-refractivity contribution in [2.24, 2.45) is 5.41 Å². The molecule has 0 bridgehead atoms. The Labute approximate surface area is 127 Å². The zero-order valence-corrected chi connectivity index (χ0v) is 13.6. The molecule has 0 aliphatic carbocycles. The number of hydrogen-bond donors (Lipinski definition) is 3. The first-order valence-electron chi connectivity index (χ1n) is 7.34. The highest BCUT2D eigenvalue weighted by Crippen LogP contribution is 2.25. The molecule has 0 aromatic rings. The van der Waals surface area contributed by atoms with E-state index in [1.54, 1.807) is 7.11 Å². The minimum absolute atomic E-state index is 0.140. The molecule has 0 aliphatic rings. The third kappa shape index (κ3) is 7.29. The quantitative estimate of drug-likeness (QED) is 0.524. The average Bonchev–Trinajstić information content (AvgIpc) is 2.46. The lowest BCUT2D eigenvalue weighted by Crippen LogP contribution is -2.47. The number of amides is 2. The van der Waals surface area contributed by atoms with E-state index in [0.717, 1.165) is 6.54 Å². The van der Waals surface area contributed by atoms with Crippen molar-refractivity contribution in [1.29, 1.82) is 0 Å². The molecule has 7 nitrogen and oxygen atoms in total. The Hall–Kier alpha value is -1.34. The number of rotatable bonds is 11. The molecule has 0 saturated carbocycles. The van der Waals surface area contributed by atoms with Crippen LogP contribution in [-0.4, -0.2) is 69.0 Å². The molecule has 21 heavy (non-hydrogen) atoms. The van der Waals surface area contributed by atoms with Crippen LogP contribution in [0.4, 0.5) is 4.79 Å². The van der Waals surface area contributed by atoms with Crippen LogP contribution in [-0.2, 0) is 9.53 Å². The van der Waals surface area contributed by atoms with Gasteiger partial charge in [0, 0.05) is 33.3 Å². The van der Waals surface area contributed by atoms with E-state index in [2.05, 4.69) is 10.6 Å². The molecule has 2 amide bonds. The fourth-order valence-corrected chi connectivity index (χ4v) is 1.91. The lowest BCUT2D eigenvalue weighted by Gasteiger charge is -2.27. The number of hydrogen-bond acceptors (Lipinski definition) is 4. The van der Waals surface area contributed by atoms with Crippen molar-refractivity contribution >= 4 is 12.0 Å². The number of carbonyl (C=O) groups is 2. The number of urea groups is 1. The first-order valence-corrected chi connectivity index (χ1v) is 7.34. The summed E-state index contributed by atoms with van der Waals surface area (Å²) in [6.45, 7) is 6.45. The number of carboxylic acids is 1. The number of carboxylic acid groups (broad SMARTS) is 1. The molecule has 0 aliphatic heterocycles. The van der Waals surface area contributed by atoms with Gasteiger partial charge in [-0.15, -0.1) is 0 Å². The maximum Gasteiger partial charge on any atom is 0.314 e. The Kier molecular flexibility index (Phi) is 9.73. The van der Waals surface area contributed by atoms with E-state index in [1.807, 2.05) is 25.8 Å². The van der Waals surface area contributed by atoms with Gasteiger partial charge in [0.15, 0.2) is 0 Å². The lowest BCUT2D eigenvalue weighted by molar-refractivity contribution is -0.149. The van der Waals surface area contributed by atoms with Crippen LogP contribution >= 0.6 is 0 Å². The summed E-state index contributed by atoms with van der Waals surface area (Å²) < 4.78 is 4.97. The molecule has 0 radical (unpaired) electrons. The van der Waals surface area contributed by atoms with Crippen molar-refractivity contribution in [3.05, 3.63) is 0 Å². The van der Waals surface area contributed by atoms with E-state index in [1.165, 1.54) is 0 Å². The topological polar surface area (TPSA) is 90.9 Å². The van der Waals surface area contributed by atoms with Crippen molar-refractivity contribution < 1.29 is 19.4 Å². The zero-order valence-electron chi connectivity index (χ0n) is 13.6. The highest BCUT2D eigenvalue weighted by molar-refractivity contribution is 5.78. The van der Waals surface area contributed by atoms with Crippen molar-refractivity contribution in [2.75, 3.05) is 46.9 Å². The van der Waals surface area contributed by atoms with Crippen LogP contribution in [0.1, 0.15) is 26.7 Å². The summed E-state index contributed by atoms with van der Waals surface area (Å²) in [7, 11) is 3.60. The van der Waals surface area contributed by atoms with E-state index in [4.69, 9.17) is 4.74 Å². The van der Waals surface area contributed by atoms with E-state index in [-0.39, 0.29) is 12.6 Å². The maximum atomic E-state index is 11.7. The Bertz CT molecular complexity index is 319. The van der Waals surface area contributed by atoms with Crippen LogP contribution in [0.3, 0.4) is 0 Å². The molecule has 3 N–H and O–H groups in total. The molecule has 0 atom stereocenters. The first kappa shape index (κ1) is 19.7. The van der Waals surface area contributed by atoms with Gasteiger partial charge in [0.25, 0.3) is 0 Å². The van der Waals surface area contributed by atoms with Gasteiger partial charge in [-0.1, -0.05) is 13.8 Å². The van der Waals surface area contributed by atoms with Crippen molar-refractivity contribution in [2.45, 2.75) is 26.7 Å². The van der Waals surface area contributed by atoms with Crippen LogP contribution < -0.4 is 10.6 Å². The molecular weight excluding hydrogens is 274 g/mol. The second-order valence-electron chi connectivity index (χ2n) is 5.20. The summed E-state index contributed by atoms with van der Waals surface area (Å²) >= 11 is 0. The van der Waals surface area contributed by atoms with Gasteiger partial charge in [-0.2, -0.15) is 0 Å². The molecule has 0 aromatic carbocycles. The third-order valence-electron chi connectivity index (χ3n) is 3.85. The predicted octanol–water partition coefficient (Wildman–Crippen LogP) is 0.755. The number of methoxy groups -OCH3 is 1. The number of carbonyl (C=O) groups excluding carboxylic acids is 1. The summed E-state index contributed by atoms with van der Waals surface area (Å²) in [5.41, 5.74) is -0.882. The number of ether oxygens (including phenoxy) is 1. The molecule has 0 saturated heterocycles. The molecule has 0 heterocycles. The van der Waals surface area contributed by atoms with Crippen LogP contribution in [0.15, 0.2) is 0 Å². The van der Waals surface area contributed by atoms with Gasteiger partial charge in [0.1, 0.15) is 0 Å². The SMILES string of the molecule is CCC(CC)(CNC(=O)NCCN(C)CCOC)C(=O)O. The van der Waals surface area contributed by atoms with Gasteiger partial charge in [-0.3, -0.25) is 4.79 Å². The van der Waals surface area contributed by atoms with E-state index in [0.29, 0.717) is 32.5 Å². The fraction of sp³-hybridized carbons (Fsp3) is 0.857. The van der Waals surface area contributed by atoms with Gasteiger partial charge >= 0.3 is 12.0 Å². The monoisotopic (exact) mass is 303 g/mol. The largest absolute Gasteiger partial charge is 0.481 e. The predicted molar refractivity (Wildman–Crippen MR) is 81.4 cm³/mol. The summed E-state index contributed by atoms with van der Waals surface area (Å²) in [5, 5.41) is 14.7. The second-order valence-corrected chi connectivity index (χ2v) is 5.20. The lowest BCUT2D eigenvalue weighted by atomic mass is 9.82. The van der Waals surface area contributed by atoms with E-state index >= 15 is 0 Å². The van der Waals surface area contributed by atoms with Gasteiger partial charge in [0.2, 0.25) is 0 Å². The van der Waals surface area contributed by atoms with Crippen LogP contribution in [0.5, 0.6) is 0 Å². The van der Waals surface area contributed by atoms with E-state index < -0.39 is 11.4 Å². The maximum absolute atomic E-state index is 11.7. The summed E-state index contributed by atoms with van der Waals surface area (Å²) in [4.78, 5) is 25.0. The molecular formula is C14H29N3O4. The van der Waals surface area contributed by atoms with Crippen LogP contribution in [0, 0.1) is 5.41 Å². The number of likely N-dealkylation sites (N-methyl/N-ethyl adjacent to an activating group) is 1. The van der Waals surface area contributed by atoms with Gasteiger partial charge in [0.05, 0.1) is 12.0 Å². The Morgan fingerprint density at radius 3 is 2.29 bits per heavy atom. The molecule has 7 heteroatoms. The smallest absolute Gasteiger partial charge is 0.314 e. The fourth-order valence-electron chi connectivity index (χ4n) is 1.91. The number of aliphatic carboxylic acids is 1. The average molecular weight is 303 g/mol. The normalized spacial score (nSPS) is 11.5. The van der Waals surface area contributed by atoms with Crippen LogP contribution in [0.2, 0.25) is 0 Å². The Morgan fingerprint density at radius 2 is 1.81 bits per heavy atom. The number of nitrogens with zero attached hydrogens (tertiary/aromatic N) is 1.